The number of hydroxylamine groups is 1. The van der Waals surface area contributed by atoms with Gasteiger partial charge in [0, 0.05) is 24.2 Å². The third-order valence-electron chi connectivity index (χ3n) is 3.00. The number of carbonyl (C=O) groups is 1. The quantitative estimate of drug-likeness (QED) is 0.323. The van der Waals surface area contributed by atoms with Crippen molar-refractivity contribution in [2.24, 2.45) is 0 Å². The molecule has 3 N–H and O–H groups in total. The molecule has 0 spiro atoms. The number of benzene rings is 1. The molecule has 0 aliphatic rings. The van der Waals surface area contributed by atoms with Crippen molar-refractivity contribution in [3.8, 4) is 11.1 Å². The van der Waals surface area contributed by atoms with E-state index >= 15 is 0 Å². The van der Waals surface area contributed by atoms with Crippen LogP contribution in [0.1, 0.15) is 6.92 Å². The number of aromatic amines is 1. The molecule has 0 radical (unpaired) electrons. The average Bonchev–Trinajstić information content (AvgIpc) is 3.23. The van der Waals surface area contributed by atoms with Crippen LogP contribution in [0, 0.1) is 0 Å². The van der Waals surface area contributed by atoms with Crippen LogP contribution in [0.3, 0.4) is 0 Å². The van der Waals surface area contributed by atoms with Crippen LogP contribution in [0.2, 0.25) is 0 Å². The van der Waals surface area contributed by atoms with E-state index in [1.807, 2.05) is 23.8 Å². The van der Waals surface area contributed by atoms with Crippen LogP contribution < -0.4 is 9.83 Å². The van der Waals surface area contributed by atoms with E-state index in [2.05, 4.69) is 22.9 Å². The molecule has 2 aromatic heterocycles. The topological polar surface area (TPSA) is 126 Å². The van der Waals surface area contributed by atoms with E-state index in [1.54, 1.807) is 36.8 Å². The fourth-order valence-electron chi connectivity index (χ4n) is 1.80. The number of pyridine rings is 1. The summed E-state index contributed by atoms with van der Waals surface area (Å²) in [6.07, 6.45) is 7.18. The van der Waals surface area contributed by atoms with Crippen molar-refractivity contribution in [3.05, 3.63) is 67.3 Å². The number of amides is 1. The summed E-state index contributed by atoms with van der Waals surface area (Å²) >= 11 is -4.55. The fraction of sp³-hybridized carbons (Fsp3) is 0.0625. The molecule has 3 aromatic rings. The van der Waals surface area contributed by atoms with E-state index in [0.717, 1.165) is 11.1 Å². The van der Waals surface area contributed by atoms with Gasteiger partial charge in [-0.05, 0) is 17.7 Å². The van der Waals surface area contributed by atoms with Crippen molar-refractivity contribution < 1.29 is 21.5 Å². The maximum absolute atomic E-state index is 11.8. The van der Waals surface area contributed by atoms with Crippen LogP contribution in [0.5, 0.6) is 0 Å². The number of carbonyl (C=O) groups excluding carboxylic acids is 1. The molecule has 0 bridgehead atoms. The Balaban J connectivity index is 0.000000195. The predicted octanol–water partition coefficient (Wildman–Crippen LogP) is 1.29. The summed E-state index contributed by atoms with van der Waals surface area (Å²) in [5.74, 6) is -0.537. The van der Waals surface area contributed by atoms with Crippen LogP contribution in [0.25, 0.3) is 11.1 Å². The molecule has 0 fully saturated rings. The van der Waals surface area contributed by atoms with E-state index < -0.39 is 20.1 Å². The van der Waals surface area contributed by atoms with Gasteiger partial charge in [-0.1, -0.05) is 0 Å². The van der Waals surface area contributed by atoms with Gasteiger partial charge in [-0.3, -0.25) is 10.1 Å². The van der Waals surface area contributed by atoms with E-state index in [-0.39, 0.29) is 4.35 Å². The number of nitrogens with zero attached hydrogens (tertiary/aromatic N) is 2. The zero-order valence-electron chi connectivity index (χ0n) is 13.8. The third kappa shape index (κ3) is 5.68. The average molecular weight is 420 g/mol. The smallest absolute Gasteiger partial charge is 0.0565 e. The molecule has 1 unspecified atom stereocenters. The summed E-state index contributed by atoms with van der Waals surface area (Å²) < 4.78 is 20.5. The number of aromatic nitrogens is 3. The number of hydrogen-bond donors (Lipinski definition) is 3. The molecule has 1 amide bonds. The predicted molar refractivity (Wildman–Crippen MR) is 93.0 cm³/mol. The first kappa shape index (κ1) is 19.6. The molecule has 0 aliphatic heterocycles. The van der Waals surface area contributed by atoms with Gasteiger partial charge < -0.3 is 0 Å². The third-order valence-corrected chi connectivity index (χ3v) is 6.10. The zero-order valence-corrected chi connectivity index (χ0v) is 15.6. The second kappa shape index (κ2) is 9.69. The van der Waals surface area contributed by atoms with Gasteiger partial charge in [-0.25, -0.2) is 0 Å². The molecule has 0 aliphatic carbocycles. The Bertz CT molecular complexity index is 844. The minimum Gasteiger partial charge on any atom is -0.285 e. The molecule has 3 rings (SSSR count). The van der Waals surface area contributed by atoms with Gasteiger partial charge in [0.2, 0.25) is 0 Å². The molecule has 0 saturated carbocycles. The van der Waals surface area contributed by atoms with E-state index in [4.69, 9.17) is 5.26 Å². The van der Waals surface area contributed by atoms with Crippen molar-refractivity contribution in [3.63, 3.8) is 0 Å². The van der Waals surface area contributed by atoms with Gasteiger partial charge >= 0.3 is 88.7 Å². The van der Waals surface area contributed by atoms with Gasteiger partial charge in [0.05, 0.1) is 6.20 Å². The first-order valence-electron chi connectivity index (χ1n) is 7.38. The van der Waals surface area contributed by atoms with Crippen molar-refractivity contribution in [1.29, 1.82) is 0 Å². The summed E-state index contributed by atoms with van der Waals surface area (Å²) in [5.41, 5.74) is 4.10. The van der Waals surface area contributed by atoms with Crippen LogP contribution in [0.4, 0.5) is 0 Å². The molecular weight excluding hydrogens is 403 g/mol. The minimum absolute atomic E-state index is 0.201. The molecule has 9 nitrogen and oxygen atoms in total. The summed E-state index contributed by atoms with van der Waals surface area (Å²) in [6, 6.07) is 11.8. The van der Waals surface area contributed by atoms with Gasteiger partial charge in [0.25, 0.3) is 0 Å². The summed E-state index contributed by atoms with van der Waals surface area (Å²) in [7, 11) is 0. The molecule has 10 heteroatoms. The molecule has 1 atom stereocenters. The van der Waals surface area contributed by atoms with Crippen molar-refractivity contribution in [2.75, 3.05) is 0 Å². The standard InChI is InChI=1S/C8H10AsNO5.C8H7N3/c1-7(11)10-14-9(12,15-13)8-5-3-2-4-6-8;1-3-9-4-2-7(1)8-5-10-11-6-8/h2-6,13H,1H3,(H,10,11);1-6H,(H,10,11). The largest absolute Gasteiger partial charge is 0.285 e. The fourth-order valence-corrected chi connectivity index (χ4v) is 3.94. The minimum atomic E-state index is -4.55. The van der Waals surface area contributed by atoms with Crippen molar-refractivity contribution >= 4 is 24.4 Å². The first-order chi connectivity index (χ1) is 12.5. The Morgan fingerprint density at radius 3 is 2.38 bits per heavy atom. The number of H-pyrrole nitrogens is 1. The maximum atomic E-state index is 11.8. The number of nitrogens with one attached hydrogen (secondary N) is 2. The van der Waals surface area contributed by atoms with Gasteiger partial charge in [-0.15, -0.1) is 0 Å². The molecule has 0 saturated heterocycles. The van der Waals surface area contributed by atoms with Crippen LogP contribution in [-0.4, -0.2) is 40.5 Å². The molecule has 1 aromatic carbocycles. The summed E-state index contributed by atoms with van der Waals surface area (Å²) in [4.78, 5) is 14.5. The SMILES string of the molecule is CC(=O)NO[As](=O)(OO)c1ccccc1.c1cc(-c2cn[nH]c2)ccn1. The molecule has 2 heterocycles. The first-order valence-corrected chi connectivity index (χ1v) is 10.6. The van der Waals surface area contributed by atoms with E-state index in [1.165, 1.54) is 19.1 Å². The summed E-state index contributed by atoms with van der Waals surface area (Å²) in [6.45, 7) is 1.18. The maximum Gasteiger partial charge on any atom is 0.0565 e. The van der Waals surface area contributed by atoms with Crippen molar-refractivity contribution in [2.45, 2.75) is 6.92 Å². The van der Waals surface area contributed by atoms with Crippen LogP contribution >= 0.6 is 0 Å². The summed E-state index contributed by atoms with van der Waals surface area (Å²) in [5, 5.41) is 15.2. The van der Waals surface area contributed by atoms with Gasteiger partial charge in [0.1, 0.15) is 0 Å². The van der Waals surface area contributed by atoms with Gasteiger partial charge in [0.15, 0.2) is 0 Å². The van der Waals surface area contributed by atoms with E-state index in [0.29, 0.717) is 0 Å². The number of rotatable bonds is 5. The van der Waals surface area contributed by atoms with Gasteiger partial charge in [-0.2, -0.15) is 5.10 Å². The van der Waals surface area contributed by atoms with Crippen molar-refractivity contribution in [1.82, 2.24) is 20.7 Å². The molecule has 26 heavy (non-hydrogen) atoms. The monoisotopic (exact) mass is 420 g/mol. The Kier molecular flexibility index (Phi) is 7.31. The molecular formula is C16H17AsN4O5. The van der Waals surface area contributed by atoms with Crippen LogP contribution in [-0.2, 0) is 16.2 Å². The Hall–Kier alpha value is -2.71. The van der Waals surface area contributed by atoms with E-state index in [9.17, 15) is 8.53 Å². The van der Waals surface area contributed by atoms with Crippen LogP contribution in [0.15, 0.2) is 67.3 Å². The molecule has 136 valence electrons. The Morgan fingerprint density at radius 2 is 1.85 bits per heavy atom. The Labute approximate surface area is 152 Å². The zero-order chi connectivity index (χ0) is 18.8. The number of hydrogen-bond acceptors (Lipinski definition) is 7. The normalized spacial score (nSPS) is 12.4. The second-order valence-electron chi connectivity index (χ2n) is 4.89. The second-order valence-corrected chi connectivity index (χ2v) is 8.78. The Morgan fingerprint density at radius 1 is 1.15 bits per heavy atom.